The van der Waals surface area contributed by atoms with Crippen LogP contribution in [0.25, 0.3) is 0 Å². The highest BCUT2D eigenvalue weighted by atomic mass is 32.1. The lowest BCUT2D eigenvalue weighted by molar-refractivity contribution is -0.131. The Morgan fingerprint density at radius 1 is 1.48 bits per heavy atom. The second-order valence-corrected chi connectivity index (χ2v) is 6.34. The smallest absolute Gasteiger partial charge is 0.244 e. The molecule has 110 valence electrons. The fourth-order valence-corrected chi connectivity index (χ4v) is 3.26. The number of carbonyl (C=O) groups is 2. The van der Waals surface area contributed by atoms with Gasteiger partial charge in [0.05, 0.1) is 6.54 Å². The van der Waals surface area contributed by atoms with Gasteiger partial charge in [0, 0.05) is 30.1 Å². The van der Waals surface area contributed by atoms with Crippen LogP contribution in [0.15, 0.2) is 23.7 Å². The van der Waals surface area contributed by atoms with Crippen LogP contribution < -0.4 is 0 Å². The summed E-state index contributed by atoms with van der Waals surface area (Å²) < 4.78 is 1.60. The van der Waals surface area contributed by atoms with Crippen molar-refractivity contribution < 1.29 is 9.59 Å². The number of aromatic nitrogens is 2. The second kappa shape index (κ2) is 5.81. The van der Waals surface area contributed by atoms with Gasteiger partial charge in [-0.15, -0.1) is 11.3 Å². The third-order valence-corrected chi connectivity index (χ3v) is 4.51. The van der Waals surface area contributed by atoms with E-state index in [0.717, 1.165) is 23.3 Å². The minimum atomic E-state index is -0.00399. The summed E-state index contributed by atoms with van der Waals surface area (Å²) in [5, 5.41) is 6.27. The van der Waals surface area contributed by atoms with Gasteiger partial charge < -0.3 is 4.90 Å². The quantitative estimate of drug-likeness (QED) is 0.869. The number of thiophene rings is 1. The fourth-order valence-electron chi connectivity index (χ4n) is 2.50. The zero-order valence-corrected chi connectivity index (χ0v) is 12.7. The third kappa shape index (κ3) is 3.05. The van der Waals surface area contributed by atoms with Gasteiger partial charge in [-0.05, 0) is 24.3 Å². The molecule has 0 N–H and O–H groups in total. The highest BCUT2D eigenvalue weighted by Crippen LogP contribution is 2.19. The first kappa shape index (κ1) is 14.0. The van der Waals surface area contributed by atoms with Crippen LogP contribution in [0, 0.1) is 0 Å². The van der Waals surface area contributed by atoms with Crippen molar-refractivity contribution in [1.82, 2.24) is 14.7 Å². The van der Waals surface area contributed by atoms with Crippen LogP contribution >= 0.6 is 11.3 Å². The summed E-state index contributed by atoms with van der Waals surface area (Å²) in [6.45, 7) is 0.790. The van der Waals surface area contributed by atoms with Crippen LogP contribution in [0.5, 0.6) is 0 Å². The van der Waals surface area contributed by atoms with E-state index >= 15 is 0 Å². The van der Waals surface area contributed by atoms with Crippen LogP contribution in [0.3, 0.4) is 0 Å². The van der Waals surface area contributed by atoms with Crippen molar-refractivity contribution in [3.8, 4) is 0 Å². The number of hydrogen-bond acceptors (Lipinski definition) is 4. The van der Waals surface area contributed by atoms with E-state index in [2.05, 4.69) is 5.10 Å². The van der Waals surface area contributed by atoms with Gasteiger partial charge in [-0.2, -0.15) is 5.10 Å². The van der Waals surface area contributed by atoms with Crippen LogP contribution in [0.1, 0.15) is 33.8 Å². The van der Waals surface area contributed by atoms with Crippen molar-refractivity contribution in [2.24, 2.45) is 0 Å². The number of likely N-dealkylation sites (N-methyl/N-ethyl adjacent to an activating group) is 1. The number of rotatable bonds is 4. The van der Waals surface area contributed by atoms with Gasteiger partial charge >= 0.3 is 0 Å². The second-order valence-electron chi connectivity index (χ2n) is 5.31. The Hall–Kier alpha value is -1.95. The molecule has 0 radical (unpaired) electrons. The van der Waals surface area contributed by atoms with Gasteiger partial charge in [0.1, 0.15) is 12.2 Å². The van der Waals surface area contributed by atoms with E-state index in [0.29, 0.717) is 18.7 Å². The van der Waals surface area contributed by atoms with Crippen molar-refractivity contribution in [2.75, 3.05) is 7.05 Å². The monoisotopic (exact) mass is 303 g/mol. The zero-order valence-electron chi connectivity index (χ0n) is 11.9. The molecular formula is C15H17N3O2S. The summed E-state index contributed by atoms with van der Waals surface area (Å²) >= 11 is 1.64. The van der Waals surface area contributed by atoms with Gasteiger partial charge in [0.2, 0.25) is 5.91 Å². The van der Waals surface area contributed by atoms with Gasteiger partial charge in [0.25, 0.3) is 0 Å². The number of nitrogens with zero attached hydrogens (tertiary/aromatic N) is 3. The SMILES string of the molecule is CN(Cc1cccs1)C(=O)Cn1cc2c(n1)C(=O)CCC2. The number of fused-ring (bicyclic) bond motifs is 1. The van der Waals surface area contributed by atoms with Crippen LogP contribution in [-0.4, -0.2) is 33.4 Å². The lowest BCUT2D eigenvalue weighted by Gasteiger charge is -2.16. The molecule has 0 bridgehead atoms. The van der Waals surface area contributed by atoms with Crippen LogP contribution in [0.4, 0.5) is 0 Å². The maximum atomic E-state index is 12.2. The summed E-state index contributed by atoms with van der Waals surface area (Å²) in [5.74, 6) is 0.0880. The van der Waals surface area contributed by atoms with Gasteiger partial charge in [0.15, 0.2) is 5.78 Å². The largest absolute Gasteiger partial charge is 0.339 e. The first-order valence-corrected chi connectivity index (χ1v) is 7.87. The summed E-state index contributed by atoms with van der Waals surface area (Å²) in [6, 6.07) is 3.99. The van der Waals surface area contributed by atoms with Crippen molar-refractivity contribution in [3.05, 3.63) is 39.8 Å². The zero-order chi connectivity index (χ0) is 14.8. The number of amides is 1. The van der Waals surface area contributed by atoms with Gasteiger partial charge in [-0.1, -0.05) is 6.07 Å². The maximum absolute atomic E-state index is 12.2. The first-order chi connectivity index (χ1) is 10.1. The number of aryl methyl sites for hydroxylation is 1. The lowest BCUT2D eigenvalue weighted by Crippen LogP contribution is -2.29. The predicted octanol–water partition coefficient (Wildman–Crippen LogP) is 2.12. The summed E-state index contributed by atoms with van der Waals surface area (Å²) in [7, 11) is 1.79. The Morgan fingerprint density at radius 2 is 2.33 bits per heavy atom. The normalized spacial score (nSPS) is 14.0. The molecule has 0 spiro atoms. The Bertz CT molecular complexity index is 661. The number of hydrogen-bond donors (Lipinski definition) is 0. The molecule has 6 heteroatoms. The molecule has 0 unspecified atom stereocenters. The molecule has 2 aromatic heterocycles. The van der Waals surface area contributed by atoms with E-state index in [4.69, 9.17) is 0 Å². The summed E-state index contributed by atoms with van der Waals surface area (Å²) in [6.07, 6.45) is 4.16. The standard InChI is InChI=1S/C15H17N3O2S/c1-17(9-12-5-3-7-21-12)14(20)10-18-8-11-4-2-6-13(19)15(11)16-18/h3,5,7-8H,2,4,6,9-10H2,1H3. The Morgan fingerprint density at radius 3 is 3.05 bits per heavy atom. The Balaban J connectivity index is 1.66. The molecule has 0 saturated carbocycles. The highest BCUT2D eigenvalue weighted by Gasteiger charge is 2.22. The first-order valence-electron chi connectivity index (χ1n) is 6.99. The molecular weight excluding hydrogens is 286 g/mol. The molecule has 0 atom stereocenters. The number of carbonyl (C=O) groups excluding carboxylic acids is 2. The minimum Gasteiger partial charge on any atom is -0.339 e. The van der Waals surface area contributed by atoms with Crippen molar-refractivity contribution >= 4 is 23.0 Å². The molecule has 1 aliphatic carbocycles. The molecule has 2 heterocycles. The minimum absolute atomic E-state index is 0.00399. The summed E-state index contributed by atoms with van der Waals surface area (Å²) in [4.78, 5) is 26.8. The van der Waals surface area contributed by atoms with E-state index < -0.39 is 0 Å². The van der Waals surface area contributed by atoms with E-state index in [9.17, 15) is 9.59 Å². The molecule has 0 fully saturated rings. The van der Waals surface area contributed by atoms with Crippen molar-refractivity contribution in [3.63, 3.8) is 0 Å². The topological polar surface area (TPSA) is 55.2 Å². The molecule has 21 heavy (non-hydrogen) atoms. The van der Waals surface area contributed by atoms with Crippen LogP contribution in [-0.2, 0) is 24.3 Å². The average Bonchev–Trinajstić information content (AvgIpc) is 3.08. The van der Waals surface area contributed by atoms with E-state index in [1.54, 1.807) is 28.0 Å². The molecule has 1 aliphatic rings. The molecule has 3 rings (SSSR count). The molecule has 1 amide bonds. The Labute approximate surface area is 127 Å². The number of ketones is 1. The third-order valence-electron chi connectivity index (χ3n) is 3.65. The van der Waals surface area contributed by atoms with E-state index in [1.165, 1.54) is 0 Å². The maximum Gasteiger partial charge on any atom is 0.244 e. The predicted molar refractivity (Wildman–Crippen MR) is 80.3 cm³/mol. The van der Waals surface area contributed by atoms with E-state index in [1.807, 2.05) is 23.7 Å². The highest BCUT2D eigenvalue weighted by molar-refractivity contribution is 7.09. The van der Waals surface area contributed by atoms with Crippen molar-refractivity contribution in [1.29, 1.82) is 0 Å². The van der Waals surface area contributed by atoms with Crippen LogP contribution in [0.2, 0.25) is 0 Å². The van der Waals surface area contributed by atoms with Crippen molar-refractivity contribution in [2.45, 2.75) is 32.4 Å². The van der Waals surface area contributed by atoms with Gasteiger partial charge in [-0.25, -0.2) is 0 Å². The van der Waals surface area contributed by atoms with E-state index in [-0.39, 0.29) is 18.2 Å². The van der Waals surface area contributed by atoms with Gasteiger partial charge in [-0.3, -0.25) is 14.3 Å². The molecule has 5 nitrogen and oxygen atoms in total. The molecule has 0 saturated heterocycles. The average molecular weight is 303 g/mol. The Kier molecular flexibility index (Phi) is 3.88. The molecule has 0 aliphatic heterocycles. The summed E-state index contributed by atoms with van der Waals surface area (Å²) in [5.41, 5.74) is 1.52. The lowest BCUT2D eigenvalue weighted by atomic mass is 9.97. The fraction of sp³-hybridized carbons (Fsp3) is 0.400. The number of Topliss-reactive ketones (excluding diaryl/α,β-unsaturated/α-hetero) is 1. The molecule has 0 aromatic carbocycles. The molecule has 2 aromatic rings.